The first-order valence-corrected chi connectivity index (χ1v) is 8.78. The van der Waals surface area contributed by atoms with Gasteiger partial charge in [0.2, 0.25) is 0 Å². The highest BCUT2D eigenvalue weighted by molar-refractivity contribution is 7.92. The van der Waals surface area contributed by atoms with Crippen LogP contribution < -0.4 is 0 Å². The van der Waals surface area contributed by atoms with Gasteiger partial charge in [-0.25, -0.2) is 8.42 Å². The summed E-state index contributed by atoms with van der Waals surface area (Å²) in [4.78, 5) is 0. The number of rotatable bonds is 2. The van der Waals surface area contributed by atoms with E-state index in [2.05, 4.69) is 0 Å². The fourth-order valence-corrected chi connectivity index (χ4v) is 5.57. The van der Waals surface area contributed by atoms with Crippen molar-refractivity contribution < 1.29 is 13.2 Å². The van der Waals surface area contributed by atoms with E-state index in [1.807, 2.05) is 18.2 Å². The second kappa shape index (κ2) is 5.08. The molecule has 0 amide bonds. The van der Waals surface area contributed by atoms with Gasteiger partial charge in [-0.05, 0) is 29.5 Å². The second-order valence-electron chi connectivity index (χ2n) is 5.32. The zero-order valence-electron chi connectivity index (χ0n) is 10.6. The Hall–Kier alpha value is -0.580. The van der Waals surface area contributed by atoms with Crippen LogP contribution in [0, 0.1) is 0 Å². The maximum Gasteiger partial charge on any atom is 0.154 e. The molecule has 1 fully saturated rings. The van der Waals surface area contributed by atoms with Gasteiger partial charge in [0, 0.05) is 0 Å². The molecule has 1 aromatic rings. The van der Waals surface area contributed by atoms with Crippen molar-refractivity contribution in [3.8, 4) is 0 Å². The van der Waals surface area contributed by atoms with Gasteiger partial charge in [-0.2, -0.15) is 0 Å². The van der Waals surface area contributed by atoms with Crippen LogP contribution in [-0.4, -0.2) is 19.4 Å². The van der Waals surface area contributed by atoms with E-state index in [1.165, 1.54) is 5.56 Å². The van der Waals surface area contributed by atoms with E-state index in [1.54, 1.807) is 0 Å². The van der Waals surface area contributed by atoms with Crippen molar-refractivity contribution in [3.63, 3.8) is 0 Å². The minimum absolute atomic E-state index is 0.273. The molecule has 0 aliphatic carbocycles. The van der Waals surface area contributed by atoms with E-state index < -0.39 is 20.5 Å². The SMILES string of the molecule is O=S1(=O)CCCCC1C(Cl)c1ccc2c(c1)COC2. The van der Waals surface area contributed by atoms with Gasteiger partial charge in [0.25, 0.3) is 0 Å². The first-order chi connectivity index (χ1) is 9.08. The van der Waals surface area contributed by atoms with Crippen LogP contribution in [0.25, 0.3) is 0 Å². The number of sulfone groups is 1. The Kier molecular flexibility index (Phi) is 3.58. The van der Waals surface area contributed by atoms with E-state index in [0.717, 1.165) is 24.0 Å². The van der Waals surface area contributed by atoms with Crippen molar-refractivity contribution >= 4 is 21.4 Å². The molecule has 104 valence electrons. The molecule has 0 aromatic heterocycles. The second-order valence-corrected chi connectivity index (χ2v) is 8.13. The molecule has 19 heavy (non-hydrogen) atoms. The molecule has 0 spiro atoms. The fraction of sp³-hybridized carbons (Fsp3) is 0.571. The molecule has 0 bridgehead atoms. The lowest BCUT2D eigenvalue weighted by Crippen LogP contribution is -2.31. The van der Waals surface area contributed by atoms with Crippen LogP contribution in [0.2, 0.25) is 0 Å². The summed E-state index contributed by atoms with van der Waals surface area (Å²) in [6.45, 7) is 1.24. The molecule has 3 nitrogen and oxygen atoms in total. The van der Waals surface area contributed by atoms with Crippen LogP contribution in [-0.2, 0) is 27.8 Å². The first-order valence-electron chi connectivity index (χ1n) is 6.63. The summed E-state index contributed by atoms with van der Waals surface area (Å²) in [7, 11) is -3.05. The molecule has 5 heteroatoms. The van der Waals surface area contributed by atoms with E-state index >= 15 is 0 Å². The van der Waals surface area contributed by atoms with Gasteiger partial charge in [-0.1, -0.05) is 24.6 Å². The molecule has 2 aliphatic rings. The number of hydrogen-bond acceptors (Lipinski definition) is 3. The van der Waals surface area contributed by atoms with Crippen molar-refractivity contribution in [3.05, 3.63) is 34.9 Å². The lowest BCUT2D eigenvalue weighted by molar-refractivity contribution is 0.134. The lowest BCUT2D eigenvalue weighted by atomic mass is 10.0. The standard InChI is InChI=1S/C14H17ClO3S/c15-14(13-3-1-2-6-19(13,16)17)10-4-5-11-8-18-9-12(11)7-10/h4-5,7,13-14H,1-3,6,8-9H2. The predicted molar refractivity (Wildman–Crippen MR) is 75.0 cm³/mol. The highest BCUT2D eigenvalue weighted by Gasteiger charge is 2.35. The molecular formula is C14H17ClO3S. The third-order valence-electron chi connectivity index (χ3n) is 4.02. The van der Waals surface area contributed by atoms with E-state index in [0.29, 0.717) is 19.6 Å². The molecule has 2 aliphatic heterocycles. The maximum absolute atomic E-state index is 12.1. The third kappa shape index (κ3) is 2.54. The Bertz CT molecular complexity index is 582. The Labute approximate surface area is 118 Å². The summed E-state index contributed by atoms with van der Waals surface area (Å²) in [6, 6.07) is 5.95. The Morgan fingerprint density at radius 2 is 2.00 bits per heavy atom. The minimum atomic E-state index is -3.05. The molecule has 1 aromatic carbocycles. The first kappa shape index (κ1) is 13.4. The largest absolute Gasteiger partial charge is 0.372 e. The molecular weight excluding hydrogens is 284 g/mol. The average Bonchev–Trinajstić information content (AvgIpc) is 2.84. The maximum atomic E-state index is 12.1. The van der Waals surface area contributed by atoms with Crippen molar-refractivity contribution in [2.75, 3.05) is 5.75 Å². The van der Waals surface area contributed by atoms with Crippen LogP contribution in [0.4, 0.5) is 0 Å². The highest BCUT2D eigenvalue weighted by Crippen LogP contribution is 2.36. The van der Waals surface area contributed by atoms with E-state index in [4.69, 9.17) is 16.3 Å². The number of hydrogen-bond donors (Lipinski definition) is 0. The van der Waals surface area contributed by atoms with Crippen molar-refractivity contribution in [2.24, 2.45) is 0 Å². The van der Waals surface area contributed by atoms with E-state index in [-0.39, 0.29) is 5.75 Å². The summed E-state index contributed by atoms with van der Waals surface area (Å²) in [5.41, 5.74) is 3.22. The molecule has 2 unspecified atom stereocenters. The van der Waals surface area contributed by atoms with Crippen LogP contribution in [0.15, 0.2) is 18.2 Å². The fourth-order valence-electron chi connectivity index (χ4n) is 2.89. The average molecular weight is 301 g/mol. The van der Waals surface area contributed by atoms with Gasteiger partial charge in [0.1, 0.15) is 0 Å². The summed E-state index contributed by atoms with van der Waals surface area (Å²) in [5, 5.41) is -0.889. The third-order valence-corrected chi connectivity index (χ3v) is 7.01. The summed E-state index contributed by atoms with van der Waals surface area (Å²) < 4.78 is 29.6. The van der Waals surface area contributed by atoms with Gasteiger partial charge in [0.05, 0.1) is 29.6 Å². The Balaban J connectivity index is 1.89. The monoisotopic (exact) mass is 300 g/mol. The molecule has 0 N–H and O–H groups in total. The normalized spacial score (nSPS) is 26.9. The summed E-state index contributed by atoms with van der Waals surface area (Å²) in [5.74, 6) is 0.273. The predicted octanol–water partition coefficient (Wildman–Crippen LogP) is 2.96. The van der Waals surface area contributed by atoms with Crippen LogP contribution in [0.5, 0.6) is 0 Å². The number of benzene rings is 1. The molecule has 0 saturated carbocycles. The molecule has 1 saturated heterocycles. The van der Waals surface area contributed by atoms with E-state index in [9.17, 15) is 8.42 Å². The summed E-state index contributed by atoms with van der Waals surface area (Å²) >= 11 is 6.45. The van der Waals surface area contributed by atoms with Crippen LogP contribution in [0.3, 0.4) is 0 Å². The quantitative estimate of drug-likeness (QED) is 0.789. The molecule has 2 atom stereocenters. The zero-order chi connectivity index (χ0) is 13.5. The zero-order valence-corrected chi connectivity index (χ0v) is 12.2. The molecule has 0 radical (unpaired) electrons. The van der Waals surface area contributed by atoms with Crippen molar-refractivity contribution in [1.29, 1.82) is 0 Å². The Morgan fingerprint density at radius 3 is 2.79 bits per heavy atom. The summed E-state index contributed by atoms with van der Waals surface area (Å²) in [6.07, 6.45) is 2.38. The number of ether oxygens (including phenoxy) is 1. The molecule has 2 heterocycles. The Morgan fingerprint density at radius 1 is 1.21 bits per heavy atom. The van der Waals surface area contributed by atoms with Crippen molar-refractivity contribution in [2.45, 2.75) is 43.1 Å². The minimum Gasteiger partial charge on any atom is -0.372 e. The topological polar surface area (TPSA) is 43.4 Å². The van der Waals surface area contributed by atoms with Gasteiger partial charge < -0.3 is 4.74 Å². The number of halogens is 1. The highest BCUT2D eigenvalue weighted by atomic mass is 35.5. The van der Waals surface area contributed by atoms with Crippen LogP contribution >= 0.6 is 11.6 Å². The number of fused-ring (bicyclic) bond motifs is 1. The van der Waals surface area contributed by atoms with Gasteiger partial charge in [-0.3, -0.25) is 0 Å². The van der Waals surface area contributed by atoms with Crippen LogP contribution in [0.1, 0.15) is 41.3 Å². The van der Waals surface area contributed by atoms with Crippen molar-refractivity contribution in [1.82, 2.24) is 0 Å². The smallest absolute Gasteiger partial charge is 0.154 e. The molecule has 3 rings (SSSR count). The van der Waals surface area contributed by atoms with Gasteiger partial charge in [0.15, 0.2) is 9.84 Å². The number of alkyl halides is 1. The van der Waals surface area contributed by atoms with Gasteiger partial charge in [-0.15, -0.1) is 11.6 Å². The lowest BCUT2D eigenvalue weighted by Gasteiger charge is -2.26. The van der Waals surface area contributed by atoms with Gasteiger partial charge >= 0.3 is 0 Å².